The van der Waals surface area contributed by atoms with Gasteiger partial charge in [-0.1, -0.05) is 0 Å². The van der Waals surface area contributed by atoms with Crippen molar-refractivity contribution in [2.45, 2.75) is 33.7 Å². The number of nitrogens with zero attached hydrogens (tertiary/aromatic N) is 1. The van der Waals surface area contributed by atoms with Crippen molar-refractivity contribution in [2.75, 3.05) is 6.61 Å². The first-order valence-electron chi connectivity index (χ1n) is 6.98. The average molecular weight is 304 g/mol. The van der Waals surface area contributed by atoms with Crippen LogP contribution in [0.1, 0.15) is 45.6 Å². The van der Waals surface area contributed by atoms with Gasteiger partial charge in [0.25, 0.3) is 5.91 Å². The van der Waals surface area contributed by atoms with Crippen LogP contribution in [0.3, 0.4) is 0 Å². The molecule has 5 heteroatoms. The van der Waals surface area contributed by atoms with Gasteiger partial charge in [0.1, 0.15) is 0 Å². The van der Waals surface area contributed by atoms with E-state index in [4.69, 9.17) is 4.74 Å². The summed E-state index contributed by atoms with van der Waals surface area (Å²) < 4.78 is 5.32. The quantitative estimate of drug-likeness (QED) is 0.917. The summed E-state index contributed by atoms with van der Waals surface area (Å²) in [7, 11) is 0. The van der Waals surface area contributed by atoms with Crippen molar-refractivity contribution in [3.05, 3.63) is 45.3 Å². The third-order valence-corrected chi connectivity index (χ3v) is 4.16. The Hall–Kier alpha value is -1.88. The van der Waals surface area contributed by atoms with Crippen molar-refractivity contribution >= 4 is 17.2 Å². The lowest BCUT2D eigenvalue weighted by Crippen LogP contribution is -2.26. The van der Waals surface area contributed by atoms with Crippen molar-refractivity contribution in [2.24, 2.45) is 0 Å². The summed E-state index contributed by atoms with van der Waals surface area (Å²) >= 11 is 1.75. The van der Waals surface area contributed by atoms with E-state index in [1.54, 1.807) is 29.7 Å². The zero-order valence-electron chi connectivity index (χ0n) is 12.8. The lowest BCUT2D eigenvalue weighted by atomic mass is 10.1. The largest absolute Gasteiger partial charge is 0.478 e. The molecule has 0 fully saturated rings. The average Bonchev–Trinajstić information content (AvgIpc) is 2.78. The van der Waals surface area contributed by atoms with Gasteiger partial charge in [-0.2, -0.15) is 0 Å². The third-order valence-electron chi connectivity index (χ3n) is 3.18. The Balaban J connectivity index is 2.10. The summed E-state index contributed by atoms with van der Waals surface area (Å²) in [6.07, 6.45) is 1.59. The van der Waals surface area contributed by atoms with Crippen LogP contribution in [-0.4, -0.2) is 17.5 Å². The summed E-state index contributed by atoms with van der Waals surface area (Å²) in [6, 6.07) is 5.46. The van der Waals surface area contributed by atoms with E-state index >= 15 is 0 Å². The predicted molar refractivity (Wildman–Crippen MR) is 85.1 cm³/mol. The van der Waals surface area contributed by atoms with Crippen molar-refractivity contribution in [1.29, 1.82) is 0 Å². The zero-order valence-corrected chi connectivity index (χ0v) is 13.6. The van der Waals surface area contributed by atoms with Gasteiger partial charge >= 0.3 is 0 Å². The Labute approximate surface area is 129 Å². The van der Waals surface area contributed by atoms with E-state index in [-0.39, 0.29) is 11.9 Å². The summed E-state index contributed by atoms with van der Waals surface area (Å²) in [6.45, 7) is 8.57. The van der Waals surface area contributed by atoms with Gasteiger partial charge in [0.2, 0.25) is 5.88 Å². The molecule has 0 spiro atoms. The first-order valence-corrected chi connectivity index (χ1v) is 7.79. The van der Waals surface area contributed by atoms with Crippen molar-refractivity contribution in [3.8, 4) is 5.88 Å². The highest BCUT2D eigenvalue weighted by Crippen LogP contribution is 2.26. The minimum Gasteiger partial charge on any atom is -0.478 e. The molecule has 0 aliphatic carbocycles. The monoisotopic (exact) mass is 304 g/mol. The highest BCUT2D eigenvalue weighted by atomic mass is 32.1. The van der Waals surface area contributed by atoms with Gasteiger partial charge in [-0.3, -0.25) is 4.79 Å². The van der Waals surface area contributed by atoms with Crippen molar-refractivity contribution in [3.63, 3.8) is 0 Å². The Morgan fingerprint density at radius 2 is 2.19 bits per heavy atom. The molecular formula is C16H20N2O2S. The lowest BCUT2D eigenvalue weighted by molar-refractivity contribution is 0.0939. The molecule has 112 valence electrons. The van der Waals surface area contributed by atoms with E-state index in [2.05, 4.69) is 30.2 Å². The first kappa shape index (κ1) is 15.5. The molecular weight excluding hydrogens is 284 g/mol. The maximum Gasteiger partial charge on any atom is 0.252 e. The van der Waals surface area contributed by atoms with E-state index < -0.39 is 0 Å². The standard InChI is InChI=1S/C16H20N2O2S/c1-5-20-15-9-13(6-7-17-15)16(19)18-11(3)14-8-10(2)21-12(14)4/h6-9,11H,5H2,1-4H3,(H,18,19). The molecule has 1 atom stereocenters. The normalized spacial score (nSPS) is 12.0. The van der Waals surface area contributed by atoms with Crippen LogP contribution in [0.4, 0.5) is 0 Å². The second-order valence-electron chi connectivity index (χ2n) is 4.88. The molecule has 0 radical (unpaired) electrons. The number of amides is 1. The topological polar surface area (TPSA) is 51.2 Å². The Kier molecular flexibility index (Phi) is 4.96. The number of hydrogen-bond donors (Lipinski definition) is 1. The molecule has 2 aromatic rings. The molecule has 0 saturated heterocycles. The predicted octanol–water partition coefficient (Wildman–Crippen LogP) is 3.65. The van der Waals surface area contributed by atoms with Gasteiger partial charge in [-0.25, -0.2) is 4.98 Å². The van der Waals surface area contributed by atoms with Gasteiger partial charge < -0.3 is 10.1 Å². The summed E-state index contributed by atoms with van der Waals surface area (Å²) in [4.78, 5) is 18.9. The van der Waals surface area contributed by atoms with Crippen LogP contribution in [0.25, 0.3) is 0 Å². The number of aryl methyl sites for hydroxylation is 2. The highest BCUT2D eigenvalue weighted by Gasteiger charge is 2.15. The van der Waals surface area contributed by atoms with Crippen LogP contribution < -0.4 is 10.1 Å². The highest BCUT2D eigenvalue weighted by molar-refractivity contribution is 7.12. The van der Waals surface area contributed by atoms with Crippen LogP contribution in [0.2, 0.25) is 0 Å². The zero-order chi connectivity index (χ0) is 15.4. The molecule has 0 bridgehead atoms. The van der Waals surface area contributed by atoms with E-state index in [1.807, 2.05) is 13.8 Å². The van der Waals surface area contributed by atoms with Crippen molar-refractivity contribution in [1.82, 2.24) is 10.3 Å². The molecule has 0 aromatic carbocycles. The maximum absolute atomic E-state index is 12.3. The van der Waals surface area contributed by atoms with Crippen LogP contribution in [-0.2, 0) is 0 Å². The summed E-state index contributed by atoms with van der Waals surface area (Å²) in [5, 5.41) is 3.02. The number of carbonyl (C=O) groups is 1. The second-order valence-corrected chi connectivity index (χ2v) is 6.34. The van der Waals surface area contributed by atoms with Crippen LogP contribution in [0.5, 0.6) is 5.88 Å². The van der Waals surface area contributed by atoms with Crippen LogP contribution in [0.15, 0.2) is 24.4 Å². The summed E-state index contributed by atoms with van der Waals surface area (Å²) in [5.74, 6) is 0.356. The third kappa shape index (κ3) is 3.82. The number of nitrogens with one attached hydrogen (secondary N) is 1. The van der Waals surface area contributed by atoms with E-state index in [9.17, 15) is 4.79 Å². The molecule has 0 saturated carbocycles. The maximum atomic E-state index is 12.3. The number of thiophene rings is 1. The fraction of sp³-hybridized carbons (Fsp3) is 0.375. The van der Waals surface area contributed by atoms with Crippen molar-refractivity contribution < 1.29 is 9.53 Å². The fourth-order valence-corrected chi connectivity index (χ4v) is 3.24. The van der Waals surface area contributed by atoms with Gasteiger partial charge in [0.05, 0.1) is 12.6 Å². The Bertz CT molecular complexity index is 637. The molecule has 2 heterocycles. The van der Waals surface area contributed by atoms with E-state index in [0.717, 1.165) is 0 Å². The smallest absolute Gasteiger partial charge is 0.252 e. The molecule has 2 rings (SSSR count). The van der Waals surface area contributed by atoms with E-state index in [1.165, 1.54) is 15.3 Å². The number of rotatable bonds is 5. The fourth-order valence-electron chi connectivity index (χ4n) is 2.22. The molecule has 4 nitrogen and oxygen atoms in total. The number of carbonyl (C=O) groups excluding carboxylic acids is 1. The SMILES string of the molecule is CCOc1cc(C(=O)NC(C)c2cc(C)sc2C)ccn1. The summed E-state index contributed by atoms with van der Waals surface area (Å²) in [5.41, 5.74) is 1.73. The van der Waals surface area contributed by atoms with Crippen LogP contribution >= 0.6 is 11.3 Å². The van der Waals surface area contributed by atoms with Gasteiger partial charge in [0, 0.05) is 27.6 Å². The van der Waals surface area contributed by atoms with Crippen LogP contribution in [0, 0.1) is 13.8 Å². The molecule has 0 aliphatic rings. The number of hydrogen-bond acceptors (Lipinski definition) is 4. The second kappa shape index (κ2) is 6.72. The Morgan fingerprint density at radius 1 is 1.43 bits per heavy atom. The number of aromatic nitrogens is 1. The number of ether oxygens (including phenoxy) is 1. The first-order chi connectivity index (χ1) is 10.0. The molecule has 0 aliphatic heterocycles. The molecule has 21 heavy (non-hydrogen) atoms. The minimum atomic E-state index is -0.117. The van der Waals surface area contributed by atoms with E-state index in [0.29, 0.717) is 18.1 Å². The van der Waals surface area contributed by atoms with Gasteiger partial charge in [0.15, 0.2) is 0 Å². The molecule has 2 aromatic heterocycles. The van der Waals surface area contributed by atoms with Gasteiger partial charge in [-0.05, 0) is 45.4 Å². The number of pyridine rings is 1. The van der Waals surface area contributed by atoms with Gasteiger partial charge in [-0.15, -0.1) is 11.3 Å². The molecule has 1 N–H and O–H groups in total. The minimum absolute atomic E-state index is 0.0221. The lowest BCUT2D eigenvalue weighted by Gasteiger charge is -2.14. The molecule has 1 unspecified atom stereocenters. The Morgan fingerprint density at radius 3 is 2.81 bits per heavy atom. The molecule has 1 amide bonds.